The van der Waals surface area contributed by atoms with Crippen molar-refractivity contribution in [1.82, 2.24) is 0 Å². The van der Waals surface area contributed by atoms with Crippen molar-refractivity contribution >= 4 is 37.0 Å². The minimum absolute atomic E-state index is 0.0273. The normalized spacial score (nSPS) is 12.9. The van der Waals surface area contributed by atoms with E-state index >= 15 is 0 Å². The van der Waals surface area contributed by atoms with Crippen LogP contribution in [-0.2, 0) is 9.53 Å². The third kappa shape index (κ3) is 21.6. The molecule has 1 atom stereocenters. The van der Waals surface area contributed by atoms with Crippen LogP contribution in [0.4, 0.5) is 0 Å². The summed E-state index contributed by atoms with van der Waals surface area (Å²) >= 11 is 2.72. The van der Waals surface area contributed by atoms with Gasteiger partial charge in [0.1, 0.15) is 0 Å². The van der Waals surface area contributed by atoms with Gasteiger partial charge in [-0.05, 0) is 0 Å². The molecule has 1 unspecified atom stereocenters. The van der Waals surface area contributed by atoms with Crippen LogP contribution in [0.3, 0.4) is 0 Å². The number of esters is 1. The number of rotatable bonds is 21. The van der Waals surface area contributed by atoms with E-state index in [9.17, 15) is 4.79 Å². The van der Waals surface area contributed by atoms with E-state index in [-0.39, 0.29) is 5.97 Å². The minimum atomic E-state index is -1.96. The first-order valence-corrected chi connectivity index (χ1v) is 23.4. The number of hydrogen-bond acceptors (Lipinski definition) is 3. The summed E-state index contributed by atoms with van der Waals surface area (Å²) in [7, 11) is 0. The summed E-state index contributed by atoms with van der Waals surface area (Å²) < 4.78 is 5.83. The Kier molecular flexibility index (Phi) is 21.0. The molecule has 0 spiro atoms. The second-order valence-corrected chi connectivity index (χ2v) is 27.4. The zero-order valence-corrected chi connectivity index (χ0v) is 24.0. The van der Waals surface area contributed by atoms with Gasteiger partial charge in [-0.1, -0.05) is 71.1 Å². The summed E-state index contributed by atoms with van der Waals surface area (Å²) in [6.45, 7) is 2.89. The van der Waals surface area contributed by atoms with Crippen molar-refractivity contribution in [3.8, 4) is 0 Å². The molecule has 0 N–H and O–H groups in total. The number of ether oxygens (including phenoxy) is 1. The SMILES string of the molecule is CCCCCCCCCCCCCCCCCCOC(=O)CC[CH](S)[Sn]([CH3])([CH3])[CH3]. The van der Waals surface area contributed by atoms with Gasteiger partial charge < -0.3 is 0 Å². The van der Waals surface area contributed by atoms with E-state index in [2.05, 4.69) is 34.4 Å². The molecule has 0 saturated carbocycles. The van der Waals surface area contributed by atoms with E-state index in [4.69, 9.17) is 4.74 Å². The second kappa shape index (κ2) is 20.5. The van der Waals surface area contributed by atoms with Crippen LogP contribution in [0.1, 0.15) is 122 Å². The first-order chi connectivity index (χ1) is 13.9. The maximum atomic E-state index is 11.8. The fourth-order valence-electron chi connectivity index (χ4n) is 3.60. The van der Waals surface area contributed by atoms with E-state index in [1.165, 1.54) is 96.3 Å². The number of unbranched alkanes of at least 4 members (excludes halogenated alkanes) is 15. The molecule has 0 aliphatic rings. The Balaban J connectivity index is 3.23. The van der Waals surface area contributed by atoms with Gasteiger partial charge in [0.25, 0.3) is 0 Å². The molecule has 4 heteroatoms. The van der Waals surface area contributed by atoms with E-state index in [0.29, 0.717) is 16.3 Å². The van der Waals surface area contributed by atoms with Gasteiger partial charge in [0, 0.05) is 0 Å². The molecule has 0 aromatic heterocycles. The van der Waals surface area contributed by atoms with Crippen LogP contribution >= 0.6 is 12.6 Å². The van der Waals surface area contributed by atoms with Crippen molar-refractivity contribution in [2.45, 2.75) is 141 Å². The number of hydrogen-bond donors (Lipinski definition) is 1. The van der Waals surface area contributed by atoms with E-state index in [1.54, 1.807) is 0 Å². The topological polar surface area (TPSA) is 26.3 Å². The second-order valence-electron chi connectivity index (χ2n) is 9.94. The predicted octanol–water partition coefficient (Wildman–Crippen LogP) is 8.75. The third-order valence-corrected chi connectivity index (χ3v) is 17.9. The van der Waals surface area contributed by atoms with Crippen molar-refractivity contribution in [3.05, 3.63) is 0 Å². The molecule has 0 aliphatic heterocycles. The summed E-state index contributed by atoms with van der Waals surface area (Å²) in [5.74, 6) is -0.0273. The Morgan fingerprint density at radius 3 is 1.48 bits per heavy atom. The molecule has 0 radical (unpaired) electrons. The quantitative estimate of drug-likeness (QED) is 0.0689. The molecule has 29 heavy (non-hydrogen) atoms. The van der Waals surface area contributed by atoms with E-state index < -0.39 is 18.4 Å². The summed E-state index contributed by atoms with van der Waals surface area (Å²) in [6.07, 6.45) is 23.3. The summed E-state index contributed by atoms with van der Waals surface area (Å²) in [5, 5.41) is 0. The van der Waals surface area contributed by atoms with Gasteiger partial charge in [-0.3, -0.25) is 0 Å². The zero-order valence-electron chi connectivity index (χ0n) is 20.3. The molecule has 2 nitrogen and oxygen atoms in total. The Hall–Kier alpha value is 0.619. The molecule has 0 amide bonds. The molecule has 174 valence electrons. The fraction of sp³-hybridized carbons (Fsp3) is 0.960. The van der Waals surface area contributed by atoms with Crippen LogP contribution in [0.5, 0.6) is 0 Å². The zero-order chi connectivity index (χ0) is 21.8. The molecule has 0 aromatic carbocycles. The Morgan fingerprint density at radius 2 is 1.10 bits per heavy atom. The third-order valence-electron chi connectivity index (χ3n) is 5.88. The summed E-state index contributed by atoms with van der Waals surface area (Å²) in [4.78, 5) is 18.9. The van der Waals surface area contributed by atoms with Crippen LogP contribution in [0.25, 0.3) is 0 Å². The van der Waals surface area contributed by atoms with Gasteiger partial charge in [-0.25, -0.2) is 0 Å². The predicted molar refractivity (Wildman–Crippen MR) is 136 cm³/mol. The van der Waals surface area contributed by atoms with Crippen LogP contribution in [0.2, 0.25) is 14.8 Å². The number of thiol groups is 1. The maximum absolute atomic E-state index is 11.8. The fourth-order valence-corrected chi connectivity index (χ4v) is 6.61. The van der Waals surface area contributed by atoms with Crippen LogP contribution in [0, 0.1) is 0 Å². The Morgan fingerprint density at radius 1 is 0.724 bits per heavy atom. The van der Waals surface area contributed by atoms with Gasteiger partial charge in [0.2, 0.25) is 0 Å². The van der Waals surface area contributed by atoms with Crippen molar-refractivity contribution in [2.24, 2.45) is 0 Å². The van der Waals surface area contributed by atoms with Crippen LogP contribution < -0.4 is 0 Å². The summed E-state index contributed by atoms with van der Waals surface area (Å²) in [6, 6.07) is 0. The van der Waals surface area contributed by atoms with Gasteiger partial charge in [0.15, 0.2) is 0 Å². The standard InChI is InChI=1S/C22H43O2S.3CH3.Sn/c1-2-3-4-5-6-7-8-9-10-11-12-13-14-15-16-17-20-24-22(23)19-18-21-25;;;;/h21,25H,2-20H2,1H3;3*1H3;. The van der Waals surface area contributed by atoms with Crippen molar-refractivity contribution in [2.75, 3.05) is 6.61 Å². The van der Waals surface area contributed by atoms with Crippen molar-refractivity contribution < 1.29 is 9.53 Å². The Labute approximate surface area is 193 Å². The number of carbonyl (C=O) groups is 1. The number of carbonyl (C=O) groups excluding carboxylic acids is 1. The first-order valence-electron chi connectivity index (χ1n) is 12.7. The monoisotopic (exact) mass is 536 g/mol. The van der Waals surface area contributed by atoms with Crippen molar-refractivity contribution in [1.29, 1.82) is 0 Å². The molecule has 0 aliphatic carbocycles. The summed E-state index contributed by atoms with van der Waals surface area (Å²) in [5.41, 5.74) is 0. The van der Waals surface area contributed by atoms with E-state index in [0.717, 1.165) is 12.8 Å². The molecule has 0 saturated heterocycles. The van der Waals surface area contributed by atoms with Gasteiger partial charge in [0.05, 0.1) is 0 Å². The van der Waals surface area contributed by atoms with Crippen LogP contribution in [0.15, 0.2) is 0 Å². The molecule has 0 fully saturated rings. The molecular weight excluding hydrogens is 483 g/mol. The average molecular weight is 535 g/mol. The molecular formula is C25H52O2SSn. The van der Waals surface area contributed by atoms with Crippen molar-refractivity contribution in [3.63, 3.8) is 0 Å². The first kappa shape index (κ1) is 29.6. The molecule has 0 aromatic rings. The Bertz CT molecular complexity index is 368. The average Bonchev–Trinajstić information content (AvgIpc) is 2.67. The molecule has 0 heterocycles. The molecule has 0 rings (SSSR count). The molecule has 0 bridgehead atoms. The van der Waals surface area contributed by atoms with Gasteiger partial charge in [-0.2, -0.15) is 0 Å². The van der Waals surface area contributed by atoms with Gasteiger partial charge >= 0.3 is 123 Å². The van der Waals surface area contributed by atoms with Gasteiger partial charge in [-0.15, -0.1) is 0 Å². The van der Waals surface area contributed by atoms with E-state index in [1.807, 2.05) is 0 Å². The van der Waals surface area contributed by atoms with Crippen LogP contribution in [-0.4, -0.2) is 34.2 Å².